The van der Waals surface area contributed by atoms with Crippen molar-refractivity contribution in [3.63, 3.8) is 0 Å². The molecule has 2 rings (SSSR count). The Morgan fingerprint density at radius 1 is 1.45 bits per heavy atom. The van der Waals surface area contributed by atoms with Crippen LogP contribution in [0.4, 0.5) is 10.1 Å². The van der Waals surface area contributed by atoms with Crippen molar-refractivity contribution in [2.75, 3.05) is 16.8 Å². The molecule has 0 aliphatic carbocycles. The zero-order valence-corrected chi connectivity index (χ0v) is 12.1. The molecule has 0 spiro atoms. The van der Waals surface area contributed by atoms with E-state index < -0.39 is 27.5 Å². The van der Waals surface area contributed by atoms with Crippen molar-refractivity contribution in [2.45, 2.75) is 6.42 Å². The summed E-state index contributed by atoms with van der Waals surface area (Å²) in [4.78, 5) is 12.0. The van der Waals surface area contributed by atoms with Crippen LogP contribution in [0, 0.1) is 11.7 Å². The number of benzene rings is 1. The predicted molar refractivity (Wildman–Crippen MR) is 77.7 cm³/mol. The van der Waals surface area contributed by atoms with Gasteiger partial charge in [0.15, 0.2) is 9.84 Å². The van der Waals surface area contributed by atoms with E-state index in [-0.39, 0.29) is 34.2 Å². The maximum absolute atomic E-state index is 13.1. The Kier molecular flexibility index (Phi) is 4.05. The topological polar surface area (TPSA) is 89.3 Å². The number of nitrogens with two attached hydrogens (primary N) is 1. The van der Waals surface area contributed by atoms with Crippen molar-refractivity contribution < 1.29 is 17.6 Å². The molecule has 1 aromatic rings. The third-order valence-corrected chi connectivity index (χ3v) is 5.10. The third-order valence-electron chi connectivity index (χ3n) is 3.11. The van der Waals surface area contributed by atoms with Gasteiger partial charge in [-0.2, -0.15) is 0 Å². The van der Waals surface area contributed by atoms with Crippen LogP contribution in [0.15, 0.2) is 18.2 Å². The summed E-state index contributed by atoms with van der Waals surface area (Å²) in [5, 5.41) is 2.56. The van der Waals surface area contributed by atoms with E-state index in [0.717, 1.165) is 6.07 Å². The van der Waals surface area contributed by atoms with Crippen molar-refractivity contribution in [3.05, 3.63) is 29.6 Å². The van der Waals surface area contributed by atoms with Gasteiger partial charge in [-0.3, -0.25) is 4.79 Å². The third kappa shape index (κ3) is 3.31. The molecule has 1 amide bonds. The van der Waals surface area contributed by atoms with E-state index >= 15 is 0 Å². The number of amides is 1. The molecule has 5 nitrogen and oxygen atoms in total. The Morgan fingerprint density at radius 2 is 2.15 bits per heavy atom. The second kappa shape index (κ2) is 5.45. The molecular formula is C12H13FN2O3S2. The summed E-state index contributed by atoms with van der Waals surface area (Å²) >= 11 is 4.80. The smallest absolute Gasteiger partial charge is 0.228 e. The Balaban J connectivity index is 2.18. The summed E-state index contributed by atoms with van der Waals surface area (Å²) in [7, 11) is -3.14. The quantitative estimate of drug-likeness (QED) is 0.806. The number of hydrogen-bond acceptors (Lipinski definition) is 4. The van der Waals surface area contributed by atoms with Crippen LogP contribution < -0.4 is 11.1 Å². The first kappa shape index (κ1) is 14.9. The molecule has 0 aromatic heterocycles. The van der Waals surface area contributed by atoms with Crippen LogP contribution in [0.25, 0.3) is 0 Å². The summed E-state index contributed by atoms with van der Waals surface area (Å²) < 4.78 is 35.8. The van der Waals surface area contributed by atoms with Crippen molar-refractivity contribution >= 4 is 38.6 Å². The molecule has 3 N–H and O–H groups in total. The average Bonchev–Trinajstić information content (AvgIpc) is 2.71. The minimum atomic E-state index is -3.14. The van der Waals surface area contributed by atoms with Crippen molar-refractivity contribution in [1.82, 2.24) is 0 Å². The summed E-state index contributed by atoms with van der Waals surface area (Å²) in [5.74, 6) is -1.69. The Bertz CT molecular complexity index is 673. The van der Waals surface area contributed by atoms with Gasteiger partial charge >= 0.3 is 0 Å². The number of sulfone groups is 1. The van der Waals surface area contributed by atoms with E-state index in [4.69, 9.17) is 18.0 Å². The summed E-state index contributed by atoms with van der Waals surface area (Å²) in [6.07, 6.45) is 0.289. The number of anilines is 1. The molecule has 8 heteroatoms. The minimum absolute atomic E-state index is 0.0106. The van der Waals surface area contributed by atoms with Gasteiger partial charge in [0.1, 0.15) is 10.8 Å². The number of nitrogens with one attached hydrogen (secondary N) is 1. The maximum Gasteiger partial charge on any atom is 0.228 e. The highest BCUT2D eigenvalue weighted by Crippen LogP contribution is 2.22. The summed E-state index contributed by atoms with van der Waals surface area (Å²) in [5.41, 5.74) is 5.98. The SMILES string of the molecule is NC(=S)c1cc(F)ccc1NC(=O)C1CCS(=O)(=O)C1. The molecule has 1 unspecified atom stereocenters. The molecule has 1 atom stereocenters. The van der Waals surface area contributed by atoms with Gasteiger partial charge in [-0.25, -0.2) is 12.8 Å². The average molecular weight is 316 g/mol. The van der Waals surface area contributed by atoms with Crippen molar-refractivity contribution in [3.8, 4) is 0 Å². The molecule has 1 heterocycles. The zero-order valence-electron chi connectivity index (χ0n) is 10.4. The van der Waals surface area contributed by atoms with E-state index in [1.54, 1.807) is 0 Å². The number of carbonyl (C=O) groups excluding carboxylic acids is 1. The normalized spacial score (nSPS) is 20.6. The number of hydrogen-bond donors (Lipinski definition) is 2. The van der Waals surface area contributed by atoms with Crippen LogP contribution >= 0.6 is 12.2 Å². The van der Waals surface area contributed by atoms with E-state index in [0.29, 0.717) is 0 Å². The van der Waals surface area contributed by atoms with E-state index in [1.165, 1.54) is 12.1 Å². The monoisotopic (exact) mass is 316 g/mol. The number of rotatable bonds is 3. The maximum atomic E-state index is 13.1. The lowest BCUT2D eigenvalue weighted by Crippen LogP contribution is -2.25. The second-order valence-electron chi connectivity index (χ2n) is 4.64. The molecule has 20 heavy (non-hydrogen) atoms. The first-order valence-electron chi connectivity index (χ1n) is 5.89. The Labute approximate surface area is 121 Å². The molecule has 0 bridgehead atoms. The summed E-state index contributed by atoms with van der Waals surface area (Å²) in [6.45, 7) is 0. The molecular weight excluding hydrogens is 303 g/mol. The van der Waals surface area contributed by atoms with Crippen LogP contribution in [-0.4, -0.2) is 30.8 Å². The van der Waals surface area contributed by atoms with Gasteiger partial charge < -0.3 is 11.1 Å². The van der Waals surface area contributed by atoms with E-state index in [1.807, 2.05) is 0 Å². The fraction of sp³-hybridized carbons (Fsp3) is 0.333. The fourth-order valence-electron chi connectivity index (χ4n) is 2.07. The molecule has 108 valence electrons. The number of thiocarbonyl (C=S) groups is 1. The van der Waals surface area contributed by atoms with Gasteiger partial charge in [0.25, 0.3) is 0 Å². The lowest BCUT2D eigenvalue weighted by Gasteiger charge is -2.13. The van der Waals surface area contributed by atoms with Gasteiger partial charge in [0.2, 0.25) is 5.91 Å². The van der Waals surface area contributed by atoms with Gasteiger partial charge in [-0.05, 0) is 24.6 Å². The molecule has 1 aliphatic rings. The lowest BCUT2D eigenvalue weighted by atomic mass is 10.1. The lowest BCUT2D eigenvalue weighted by molar-refractivity contribution is -0.119. The van der Waals surface area contributed by atoms with E-state index in [9.17, 15) is 17.6 Å². The van der Waals surface area contributed by atoms with Crippen molar-refractivity contribution in [1.29, 1.82) is 0 Å². The molecule has 0 radical (unpaired) electrons. The minimum Gasteiger partial charge on any atom is -0.389 e. The molecule has 0 saturated carbocycles. The Hall–Kier alpha value is -1.54. The predicted octanol–water partition coefficient (Wildman–Crippen LogP) is 0.833. The first-order chi connectivity index (χ1) is 9.28. The van der Waals surface area contributed by atoms with Gasteiger partial charge in [0, 0.05) is 5.56 Å². The molecule has 1 fully saturated rings. The number of halogens is 1. The van der Waals surface area contributed by atoms with Gasteiger partial charge in [-0.1, -0.05) is 12.2 Å². The molecule has 1 aromatic carbocycles. The standard InChI is InChI=1S/C12H13FN2O3S2/c13-8-1-2-10(9(5-8)11(14)19)15-12(16)7-3-4-20(17,18)6-7/h1-2,5,7H,3-4,6H2,(H2,14,19)(H,15,16). The fourth-order valence-corrected chi connectivity index (χ4v) is 3.98. The Morgan fingerprint density at radius 3 is 2.70 bits per heavy atom. The summed E-state index contributed by atoms with van der Waals surface area (Å²) in [6, 6.07) is 3.65. The van der Waals surface area contributed by atoms with Crippen LogP contribution in [0.1, 0.15) is 12.0 Å². The highest BCUT2D eigenvalue weighted by atomic mass is 32.2. The molecule has 1 aliphatic heterocycles. The molecule has 1 saturated heterocycles. The zero-order chi connectivity index (χ0) is 14.9. The van der Waals surface area contributed by atoms with Crippen molar-refractivity contribution in [2.24, 2.45) is 11.7 Å². The first-order valence-corrected chi connectivity index (χ1v) is 8.12. The second-order valence-corrected chi connectivity index (χ2v) is 7.31. The number of carbonyl (C=O) groups is 1. The van der Waals surface area contributed by atoms with E-state index in [2.05, 4.69) is 5.32 Å². The highest BCUT2D eigenvalue weighted by Gasteiger charge is 2.33. The van der Waals surface area contributed by atoms with Gasteiger partial charge in [0.05, 0.1) is 23.1 Å². The van der Waals surface area contributed by atoms with Crippen LogP contribution in [0.3, 0.4) is 0 Å². The highest BCUT2D eigenvalue weighted by molar-refractivity contribution is 7.91. The van der Waals surface area contributed by atoms with Gasteiger partial charge in [-0.15, -0.1) is 0 Å². The van der Waals surface area contributed by atoms with Crippen LogP contribution in [-0.2, 0) is 14.6 Å². The van der Waals surface area contributed by atoms with Crippen LogP contribution in [0.2, 0.25) is 0 Å². The van der Waals surface area contributed by atoms with Crippen LogP contribution in [0.5, 0.6) is 0 Å². The largest absolute Gasteiger partial charge is 0.389 e.